The topological polar surface area (TPSA) is 48.1 Å². The maximum atomic E-state index is 12.2. The van der Waals surface area contributed by atoms with Gasteiger partial charge < -0.3 is 4.98 Å². The van der Waals surface area contributed by atoms with Gasteiger partial charge in [0, 0.05) is 29.0 Å². The highest BCUT2D eigenvalue weighted by Crippen LogP contribution is 2.28. The van der Waals surface area contributed by atoms with Gasteiger partial charge in [0.15, 0.2) is 0 Å². The number of carbonyl (C=O) groups is 1. The summed E-state index contributed by atoms with van der Waals surface area (Å²) in [6.45, 7) is 8.34. The highest BCUT2D eigenvalue weighted by molar-refractivity contribution is 6.38. The van der Waals surface area contributed by atoms with Crippen molar-refractivity contribution in [1.82, 2.24) is 15.4 Å². The second-order valence-electron chi connectivity index (χ2n) is 4.46. The largest absolute Gasteiger partial charge is 0.350 e. The number of nitrogens with zero attached hydrogens (tertiary/aromatic N) is 1. The highest BCUT2D eigenvalue weighted by Gasteiger charge is 2.14. The van der Waals surface area contributed by atoms with Crippen LogP contribution in [0.25, 0.3) is 10.9 Å². The van der Waals surface area contributed by atoms with Gasteiger partial charge in [-0.1, -0.05) is 35.4 Å². The number of fused-ring (bicyclic) bond motifs is 1. The van der Waals surface area contributed by atoms with Gasteiger partial charge in [0.2, 0.25) is 0 Å². The van der Waals surface area contributed by atoms with Crippen LogP contribution in [0.2, 0.25) is 10.0 Å². The van der Waals surface area contributed by atoms with Crippen LogP contribution in [0.4, 0.5) is 0 Å². The van der Waals surface area contributed by atoms with Gasteiger partial charge >= 0.3 is 0 Å². The number of aromatic nitrogens is 1. The van der Waals surface area contributed by atoms with Crippen LogP contribution in [-0.4, -0.2) is 29.0 Å². The Morgan fingerprint density at radius 3 is 2.52 bits per heavy atom. The number of hydrogen-bond donors (Lipinski definition) is 2. The summed E-state index contributed by atoms with van der Waals surface area (Å²) in [6.07, 6.45) is 3.40. The molecule has 2 aromatic rings. The number of carbonyl (C=O) groups excluding carboxylic acids is 1. The molecule has 0 atom stereocenters. The van der Waals surface area contributed by atoms with Crippen molar-refractivity contribution in [2.75, 3.05) is 13.1 Å². The number of hydrogen-bond acceptors (Lipinski definition) is 2. The van der Waals surface area contributed by atoms with E-state index in [4.69, 9.17) is 23.2 Å². The van der Waals surface area contributed by atoms with E-state index in [1.54, 1.807) is 35.4 Å². The fraction of sp³-hybridized carbons (Fsp3) is 0.133. The number of rotatable bonds is 6. The lowest BCUT2D eigenvalue weighted by Gasteiger charge is -2.19. The highest BCUT2D eigenvalue weighted by atomic mass is 35.5. The predicted molar refractivity (Wildman–Crippen MR) is 87.8 cm³/mol. The van der Waals surface area contributed by atoms with Gasteiger partial charge in [-0.2, -0.15) is 0 Å². The molecule has 0 fully saturated rings. The first kappa shape index (κ1) is 15.6. The molecule has 6 heteroatoms. The minimum Gasteiger partial charge on any atom is -0.350 e. The second-order valence-corrected chi connectivity index (χ2v) is 5.30. The molecule has 2 rings (SSSR count). The molecule has 21 heavy (non-hydrogen) atoms. The van der Waals surface area contributed by atoms with Crippen molar-refractivity contribution in [3.05, 3.63) is 59.2 Å². The zero-order valence-corrected chi connectivity index (χ0v) is 12.8. The average molecular weight is 324 g/mol. The average Bonchev–Trinajstić information content (AvgIpc) is 2.83. The molecule has 0 aliphatic heterocycles. The summed E-state index contributed by atoms with van der Waals surface area (Å²) in [5.41, 5.74) is 3.90. The van der Waals surface area contributed by atoms with Gasteiger partial charge in [0.1, 0.15) is 5.69 Å². The molecule has 0 saturated carbocycles. The summed E-state index contributed by atoms with van der Waals surface area (Å²) in [7, 11) is 0. The predicted octanol–water partition coefficient (Wildman–Crippen LogP) is 3.79. The summed E-state index contributed by atoms with van der Waals surface area (Å²) in [5, 5.41) is 3.47. The van der Waals surface area contributed by atoms with Gasteiger partial charge in [-0.15, -0.1) is 13.2 Å². The number of hydrazine groups is 1. The van der Waals surface area contributed by atoms with Crippen LogP contribution in [-0.2, 0) is 0 Å². The van der Waals surface area contributed by atoms with E-state index in [1.165, 1.54) is 0 Å². The third-order valence-corrected chi connectivity index (χ3v) is 3.39. The van der Waals surface area contributed by atoms with Crippen molar-refractivity contribution in [3.63, 3.8) is 0 Å². The number of halogens is 2. The molecule has 110 valence electrons. The quantitative estimate of drug-likeness (QED) is 0.627. The molecule has 0 spiro atoms. The molecule has 2 N–H and O–H groups in total. The Balaban J connectivity index is 2.24. The number of H-pyrrole nitrogens is 1. The van der Waals surface area contributed by atoms with Crippen molar-refractivity contribution in [3.8, 4) is 0 Å². The molecule has 1 aromatic carbocycles. The molecule has 0 aliphatic rings. The van der Waals surface area contributed by atoms with Crippen LogP contribution in [0.3, 0.4) is 0 Å². The molecule has 0 radical (unpaired) electrons. The van der Waals surface area contributed by atoms with Crippen LogP contribution in [0.1, 0.15) is 10.5 Å². The van der Waals surface area contributed by atoms with E-state index in [0.717, 1.165) is 10.9 Å². The molecule has 1 heterocycles. The Morgan fingerprint density at radius 2 is 1.90 bits per heavy atom. The van der Waals surface area contributed by atoms with Gasteiger partial charge in [0.05, 0.1) is 5.02 Å². The van der Waals surface area contributed by atoms with Gasteiger partial charge in [0.25, 0.3) is 5.91 Å². The Bertz CT molecular complexity index is 684. The Kier molecular flexibility index (Phi) is 5.07. The van der Waals surface area contributed by atoms with E-state index >= 15 is 0 Å². The molecule has 0 aliphatic carbocycles. The molecule has 0 saturated heterocycles. The lowest BCUT2D eigenvalue weighted by atomic mass is 10.2. The molecular formula is C15H15Cl2N3O. The Labute approximate surface area is 133 Å². The third-order valence-electron chi connectivity index (χ3n) is 2.86. The van der Waals surface area contributed by atoms with Crippen molar-refractivity contribution in [2.24, 2.45) is 0 Å². The van der Waals surface area contributed by atoms with Crippen molar-refractivity contribution in [1.29, 1.82) is 0 Å². The summed E-state index contributed by atoms with van der Waals surface area (Å²) < 4.78 is 0. The first-order chi connectivity index (χ1) is 10.0. The van der Waals surface area contributed by atoms with E-state index < -0.39 is 0 Å². The zero-order chi connectivity index (χ0) is 15.4. The molecule has 1 amide bonds. The summed E-state index contributed by atoms with van der Waals surface area (Å²) >= 11 is 12.1. The van der Waals surface area contributed by atoms with Crippen LogP contribution in [0.15, 0.2) is 43.5 Å². The summed E-state index contributed by atoms with van der Waals surface area (Å²) in [5.74, 6) is -0.262. The molecule has 1 aromatic heterocycles. The first-order valence-electron chi connectivity index (χ1n) is 6.30. The minimum atomic E-state index is -0.262. The van der Waals surface area contributed by atoms with Crippen molar-refractivity contribution in [2.45, 2.75) is 0 Å². The maximum Gasteiger partial charge on any atom is 0.282 e. The van der Waals surface area contributed by atoms with Gasteiger partial charge in [-0.05, 0) is 18.2 Å². The number of benzene rings is 1. The summed E-state index contributed by atoms with van der Waals surface area (Å²) in [6, 6.07) is 5.07. The monoisotopic (exact) mass is 323 g/mol. The lowest BCUT2D eigenvalue weighted by Crippen LogP contribution is -2.42. The normalized spacial score (nSPS) is 10.8. The fourth-order valence-corrected chi connectivity index (χ4v) is 2.51. The van der Waals surface area contributed by atoms with E-state index in [1.807, 2.05) is 0 Å². The Hall–Kier alpha value is -1.75. The number of aromatic amines is 1. The van der Waals surface area contributed by atoms with Crippen LogP contribution >= 0.6 is 23.2 Å². The standard InChI is InChI=1S/C15H15Cl2N3O/c1-3-5-20(6-4-2)19-15(21)14-9-11-12(17)7-10(16)8-13(11)18-14/h3-4,7-9,18H,1-2,5-6H2,(H,19,21). The zero-order valence-electron chi connectivity index (χ0n) is 11.3. The lowest BCUT2D eigenvalue weighted by molar-refractivity contribution is 0.0820. The van der Waals surface area contributed by atoms with Crippen LogP contribution in [0, 0.1) is 0 Å². The van der Waals surface area contributed by atoms with E-state index in [0.29, 0.717) is 28.8 Å². The fourth-order valence-electron chi connectivity index (χ4n) is 1.96. The van der Waals surface area contributed by atoms with E-state index in [2.05, 4.69) is 23.6 Å². The molecular weight excluding hydrogens is 309 g/mol. The molecule has 0 bridgehead atoms. The van der Waals surface area contributed by atoms with Crippen LogP contribution < -0.4 is 5.43 Å². The van der Waals surface area contributed by atoms with Crippen molar-refractivity contribution < 1.29 is 4.79 Å². The maximum absolute atomic E-state index is 12.2. The van der Waals surface area contributed by atoms with Gasteiger partial charge in [-0.3, -0.25) is 10.2 Å². The van der Waals surface area contributed by atoms with Crippen molar-refractivity contribution >= 4 is 40.0 Å². The van der Waals surface area contributed by atoms with Gasteiger partial charge in [-0.25, -0.2) is 5.01 Å². The molecule has 4 nitrogen and oxygen atoms in total. The third kappa shape index (κ3) is 3.67. The van der Waals surface area contributed by atoms with E-state index in [-0.39, 0.29) is 5.91 Å². The van der Waals surface area contributed by atoms with Crippen LogP contribution in [0.5, 0.6) is 0 Å². The number of nitrogens with one attached hydrogen (secondary N) is 2. The second kappa shape index (κ2) is 6.80. The van der Waals surface area contributed by atoms with E-state index in [9.17, 15) is 4.79 Å². The molecule has 0 unspecified atom stereocenters. The number of amides is 1. The first-order valence-corrected chi connectivity index (χ1v) is 7.06. The SMILES string of the molecule is C=CCN(CC=C)NC(=O)c1cc2c(Cl)cc(Cl)cc2[nH]1. The minimum absolute atomic E-state index is 0.262. The summed E-state index contributed by atoms with van der Waals surface area (Å²) in [4.78, 5) is 15.2. The Morgan fingerprint density at radius 1 is 1.24 bits per heavy atom. The smallest absolute Gasteiger partial charge is 0.282 e.